The molecule has 4 N–H and O–H groups in total. The number of halogens is 2. The van der Waals surface area contributed by atoms with Gasteiger partial charge in [0.15, 0.2) is 0 Å². The standard InChI is InChI=1S/C15H24F2N2/c1-3-14(18)7-11(8-15(19)4-2)10-5-12(16)9-13(17)6-10/h5-6,9,11,14-15H,3-4,7-8,18-19H2,1-2H3. The first-order valence-electron chi connectivity index (χ1n) is 6.93. The van der Waals surface area contributed by atoms with Crippen LogP contribution in [0.1, 0.15) is 51.0 Å². The second-order valence-corrected chi connectivity index (χ2v) is 5.21. The van der Waals surface area contributed by atoms with Gasteiger partial charge < -0.3 is 11.5 Å². The van der Waals surface area contributed by atoms with Gasteiger partial charge in [-0.05, 0) is 49.3 Å². The van der Waals surface area contributed by atoms with Crippen LogP contribution in [0.2, 0.25) is 0 Å². The van der Waals surface area contributed by atoms with Gasteiger partial charge in [-0.15, -0.1) is 0 Å². The molecule has 2 atom stereocenters. The van der Waals surface area contributed by atoms with E-state index in [4.69, 9.17) is 11.5 Å². The number of hydrogen-bond acceptors (Lipinski definition) is 2. The van der Waals surface area contributed by atoms with E-state index in [2.05, 4.69) is 0 Å². The Morgan fingerprint density at radius 3 is 1.68 bits per heavy atom. The molecule has 4 heteroatoms. The van der Waals surface area contributed by atoms with Gasteiger partial charge in [0.05, 0.1) is 0 Å². The molecule has 0 aromatic heterocycles. The Balaban J connectivity index is 2.93. The fourth-order valence-corrected chi connectivity index (χ4v) is 2.24. The van der Waals surface area contributed by atoms with Crippen LogP contribution in [0.25, 0.3) is 0 Å². The Bertz CT molecular complexity index is 363. The number of hydrogen-bond donors (Lipinski definition) is 2. The van der Waals surface area contributed by atoms with Gasteiger partial charge >= 0.3 is 0 Å². The van der Waals surface area contributed by atoms with Gasteiger partial charge in [0.1, 0.15) is 11.6 Å². The van der Waals surface area contributed by atoms with Crippen molar-refractivity contribution in [3.8, 4) is 0 Å². The highest BCUT2D eigenvalue weighted by Gasteiger charge is 2.19. The average molecular weight is 270 g/mol. The quantitative estimate of drug-likeness (QED) is 0.798. The fraction of sp³-hybridized carbons (Fsp3) is 0.600. The highest BCUT2D eigenvalue weighted by Crippen LogP contribution is 2.28. The Kier molecular flexibility index (Phi) is 6.38. The second-order valence-electron chi connectivity index (χ2n) is 5.21. The van der Waals surface area contributed by atoms with Crippen LogP contribution in [0.15, 0.2) is 18.2 Å². The Morgan fingerprint density at radius 1 is 0.895 bits per heavy atom. The fourth-order valence-electron chi connectivity index (χ4n) is 2.24. The summed E-state index contributed by atoms with van der Waals surface area (Å²) < 4.78 is 26.6. The van der Waals surface area contributed by atoms with Crippen LogP contribution in [-0.2, 0) is 0 Å². The first-order valence-corrected chi connectivity index (χ1v) is 6.93. The lowest BCUT2D eigenvalue weighted by atomic mass is 9.86. The molecule has 0 spiro atoms. The molecule has 0 bridgehead atoms. The lowest BCUT2D eigenvalue weighted by Crippen LogP contribution is -2.27. The first kappa shape index (κ1) is 16.1. The molecule has 0 saturated carbocycles. The second kappa shape index (κ2) is 7.56. The van der Waals surface area contributed by atoms with Crippen LogP contribution in [0.4, 0.5) is 8.78 Å². The summed E-state index contributed by atoms with van der Waals surface area (Å²) in [5.74, 6) is -1.08. The first-order chi connectivity index (χ1) is 8.96. The third-order valence-corrected chi connectivity index (χ3v) is 3.58. The van der Waals surface area contributed by atoms with Crippen LogP contribution in [0, 0.1) is 11.6 Å². The highest BCUT2D eigenvalue weighted by atomic mass is 19.1. The zero-order valence-electron chi connectivity index (χ0n) is 11.7. The maximum absolute atomic E-state index is 13.3. The van der Waals surface area contributed by atoms with E-state index in [1.165, 1.54) is 12.1 Å². The molecule has 1 aromatic rings. The molecule has 108 valence electrons. The topological polar surface area (TPSA) is 52.0 Å². The van der Waals surface area contributed by atoms with E-state index in [0.29, 0.717) is 18.4 Å². The summed E-state index contributed by atoms with van der Waals surface area (Å²) in [6, 6.07) is 3.72. The normalized spacial score (nSPS) is 16.1. The molecular weight excluding hydrogens is 246 g/mol. The van der Waals surface area contributed by atoms with E-state index in [1.807, 2.05) is 13.8 Å². The third-order valence-electron chi connectivity index (χ3n) is 3.58. The van der Waals surface area contributed by atoms with Crippen LogP contribution in [0.3, 0.4) is 0 Å². The zero-order chi connectivity index (χ0) is 14.4. The maximum atomic E-state index is 13.3. The third kappa shape index (κ3) is 5.25. The maximum Gasteiger partial charge on any atom is 0.126 e. The van der Waals surface area contributed by atoms with Gasteiger partial charge in [-0.2, -0.15) is 0 Å². The Morgan fingerprint density at radius 2 is 1.32 bits per heavy atom. The molecule has 19 heavy (non-hydrogen) atoms. The number of rotatable bonds is 7. The highest BCUT2D eigenvalue weighted by molar-refractivity contribution is 5.22. The van der Waals surface area contributed by atoms with Crippen molar-refractivity contribution in [2.45, 2.75) is 57.5 Å². The van der Waals surface area contributed by atoms with E-state index in [-0.39, 0.29) is 18.0 Å². The molecule has 0 aliphatic rings. The molecule has 0 saturated heterocycles. The van der Waals surface area contributed by atoms with Crippen molar-refractivity contribution < 1.29 is 8.78 Å². The lowest BCUT2D eigenvalue weighted by Gasteiger charge is -2.23. The predicted molar refractivity (Wildman–Crippen MR) is 74.9 cm³/mol. The van der Waals surface area contributed by atoms with Gasteiger partial charge in [0, 0.05) is 18.2 Å². The minimum Gasteiger partial charge on any atom is -0.328 e. The van der Waals surface area contributed by atoms with Crippen LogP contribution in [0.5, 0.6) is 0 Å². The van der Waals surface area contributed by atoms with Gasteiger partial charge in [-0.3, -0.25) is 0 Å². The van der Waals surface area contributed by atoms with Crippen molar-refractivity contribution in [1.82, 2.24) is 0 Å². The molecule has 1 aromatic carbocycles. The van der Waals surface area contributed by atoms with E-state index >= 15 is 0 Å². The monoisotopic (exact) mass is 270 g/mol. The van der Waals surface area contributed by atoms with Crippen LogP contribution in [-0.4, -0.2) is 12.1 Å². The van der Waals surface area contributed by atoms with Crippen molar-refractivity contribution in [3.05, 3.63) is 35.4 Å². The molecule has 0 aliphatic heterocycles. The summed E-state index contributed by atoms with van der Waals surface area (Å²) in [5, 5.41) is 0. The summed E-state index contributed by atoms with van der Waals surface area (Å²) >= 11 is 0. The van der Waals surface area contributed by atoms with E-state index in [1.54, 1.807) is 0 Å². The van der Waals surface area contributed by atoms with Crippen LogP contribution < -0.4 is 11.5 Å². The lowest BCUT2D eigenvalue weighted by molar-refractivity contribution is 0.443. The van der Waals surface area contributed by atoms with Gasteiger partial charge in [0.25, 0.3) is 0 Å². The van der Waals surface area contributed by atoms with Crippen molar-refractivity contribution in [1.29, 1.82) is 0 Å². The Hall–Kier alpha value is -1.00. The Labute approximate surface area is 114 Å². The minimum atomic E-state index is -0.546. The van der Waals surface area contributed by atoms with Crippen LogP contribution >= 0.6 is 0 Å². The summed E-state index contributed by atoms with van der Waals surface area (Å²) in [4.78, 5) is 0. The van der Waals surface area contributed by atoms with E-state index < -0.39 is 11.6 Å². The molecule has 1 rings (SSSR count). The number of nitrogens with two attached hydrogens (primary N) is 2. The summed E-state index contributed by atoms with van der Waals surface area (Å²) in [5.41, 5.74) is 12.6. The number of benzene rings is 1. The van der Waals surface area contributed by atoms with Gasteiger partial charge in [-0.25, -0.2) is 8.78 Å². The van der Waals surface area contributed by atoms with Gasteiger partial charge in [-0.1, -0.05) is 13.8 Å². The molecular formula is C15H24F2N2. The minimum absolute atomic E-state index is 0.00935. The van der Waals surface area contributed by atoms with Gasteiger partial charge in [0.2, 0.25) is 0 Å². The summed E-state index contributed by atoms with van der Waals surface area (Å²) in [7, 11) is 0. The molecule has 0 aliphatic carbocycles. The molecule has 0 radical (unpaired) electrons. The zero-order valence-corrected chi connectivity index (χ0v) is 11.7. The molecule has 0 amide bonds. The smallest absolute Gasteiger partial charge is 0.126 e. The van der Waals surface area contributed by atoms with Crippen molar-refractivity contribution in [2.24, 2.45) is 11.5 Å². The summed E-state index contributed by atoms with van der Waals surface area (Å²) in [6.07, 6.45) is 3.09. The van der Waals surface area contributed by atoms with Crippen molar-refractivity contribution in [3.63, 3.8) is 0 Å². The van der Waals surface area contributed by atoms with E-state index in [0.717, 1.165) is 18.9 Å². The SMILES string of the molecule is CCC(N)CC(CC(N)CC)c1cc(F)cc(F)c1. The molecule has 0 fully saturated rings. The average Bonchev–Trinajstić information content (AvgIpc) is 2.36. The van der Waals surface area contributed by atoms with Crippen molar-refractivity contribution in [2.75, 3.05) is 0 Å². The van der Waals surface area contributed by atoms with Crippen molar-refractivity contribution >= 4 is 0 Å². The molecule has 2 unspecified atom stereocenters. The molecule has 0 heterocycles. The summed E-state index contributed by atoms with van der Waals surface area (Å²) in [6.45, 7) is 4.02. The predicted octanol–water partition coefficient (Wildman–Crippen LogP) is 3.30. The molecule has 2 nitrogen and oxygen atoms in total. The largest absolute Gasteiger partial charge is 0.328 e. The van der Waals surface area contributed by atoms with E-state index in [9.17, 15) is 8.78 Å².